The van der Waals surface area contributed by atoms with Crippen LogP contribution in [-0.4, -0.2) is 14.5 Å². The highest BCUT2D eigenvalue weighted by Gasteiger charge is 2.17. The fourth-order valence-electron chi connectivity index (χ4n) is 7.11. The third kappa shape index (κ3) is 4.27. The van der Waals surface area contributed by atoms with E-state index in [0.29, 0.717) is 0 Å². The van der Waals surface area contributed by atoms with Crippen molar-refractivity contribution in [2.75, 3.05) is 0 Å². The van der Waals surface area contributed by atoms with Crippen LogP contribution in [0.25, 0.3) is 92.3 Å². The molecule has 0 atom stereocenters. The van der Waals surface area contributed by atoms with Crippen LogP contribution >= 0.6 is 11.3 Å². The molecule has 0 amide bonds. The van der Waals surface area contributed by atoms with E-state index in [0.717, 1.165) is 43.9 Å². The van der Waals surface area contributed by atoms with E-state index >= 15 is 0 Å². The largest absolute Gasteiger partial charge is 0.309 e. The van der Waals surface area contributed by atoms with E-state index < -0.39 is 0 Å². The predicted octanol–water partition coefficient (Wildman–Crippen LogP) is 12.1. The minimum Gasteiger partial charge on any atom is -0.309 e. The minimum absolute atomic E-state index is 1.01. The SMILES string of the molecule is c1ccc(-c2nc3ccccc3c3cc4c5ccccc5n(-c5ccc(-c6ccc(-c7nc8ccccc8s7)cc6)cc5)c4cc23)cc1. The molecule has 0 radical (unpaired) electrons. The summed E-state index contributed by atoms with van der Waals surface area (Å²) in [6.45, 7) is 0. The molecule has 0 saturated heterocycles. The van der Waals surface area contributed by atoms with Crippen LogP contribution < -0.4 is 0 Å². The second-order valence-electron chi connectivity index (χ2n) is 12.2. The van der Waals surface area contributed by atoms with Crippen molar-refractivity contribution >= 4 is 65.0 Å². The zero-order chi connectivity index (χ0) is 31.6. The normalized spacial score (nSPS) is 11.8. The molecule has 224 valence electrons. The van der Waals surface area contributed by atoms with Gasteiger partial charge in [-0.05, 0) is 65.0 Å². The van der Waals surface area contributed by atoms with Gasteiger partial charge in [-0.15, -0.1) is 11.3 Å². The van der Waals surface area contributed by atoms with Crippen molar-refractivity contribution in [1.29, 1.82) is 0 Å². The number of pyridine rings is 1. The third-order valence-corrected chi connectivity index (χ3v) is 10.5. The monoisotopic (exact) mass is 629 g/mol. The molecule has 3 heterocycles. The molecule has 48 heavy (non-hydrogen) atoms. The van der Waals surface area contributed by atoms with Crippen LogP contribution in [-0.2, 0) is 0 Å². The van der Waals surface area contributed by atoms with Gasteiger partial charge in [-0.3, -0.25) is 0 Å². The standard InChI is InChI=1S/C44H27N3S/c1-2-10-30(11-3-1)43-37-27-41-36(26-35(37)33-12-4-6-14-38(33)45-43)34-13-5-8-16-40(34)47(41)32-24-22-29(23-25-32)28-18-20-31(21-19-28)44-46-39-15-7-9-17-42(39)48-44/h1-27H. The molecule has 0 unspecified atom stereocenters. The number of para-hydroxylation sites is 3. The smallest absolute Gasteiger partial charge is 0.124 e. The molecule has 0 saturated carbocycles. The average Bonchev–Trinajstić information content (AvgIpc) is 3.74. The Balaban J connectivity index is 1.11. The molecule has 3 aromatic heterocycles. The Morgan fingerprint density at radius 2 is 1.04 bits per heavy atom. The molecule has 4 heteroatoms. The molecular formula is C44H27N3S. The van der Waals surface area contributed by atoms with Crippen molar-refractivity contribution in [3.05, 3.63) is 164 Å². The van der Waals surface area contributed by atoms with E-state index in [1.54, 1.807) is 11.3 Å². The van der Waals surface area contributed by atoms with Gasteiger partial charge in [-0.25, -0.2) is 9.97 Å². The third-order valence-electron chi connectivity index (χ3n) is 9.43. The van der Waals surface area contributed by atoms with Crippen LogP contribution in [0.3, 0.4) is 0 Å². The van der Waals surface area contributed by atoms with Gasteiger partial charge in [0.1, 0.15) is 5.01 Å². The van der Waals surface area contributed by atoms with Gasteiger partial charge >= 0.3 is 0 Å². The summed E-state index contributed by atoms with van der Waals surface area (Å²) in [7, 11) is 0. The van der Waals surface area contributed by atoms with Crippen LogP contribution in [0, 0.1) is 0 Å². The van der Waals surface area contributed by atoms with Crippen molar-refractivity contribution in [3.8, 4) is 38.6 Å². The van der Waals surface area contributed by atoms with Gasteiger partial charge in [-0.1, -0.05) is 115 Å². The highest BCUT2D eigenvalue weighted by atomic mass is 32.1. The molecule has 3 nitrogen and oxygen atoms in total. The molecule has 10 rings (SSSR count). The maximum Gasteiger partial charge on any atom is 0.124 e. The summed E-state index contributed by atoms with van der Waals surface area (Å²) in [5.74, 6) is 0. The van der Waals surface area contributed by atoms with Gasteiger partial charge in [0, 0.05) is 38.4 Å². The number of benzene rings is 7. The molecule has 0 fully saturated rings. The average molecular weight is 630 g/mol. The van der Waals surface area contributed by atoms with Crippen LogP contribution in [0.4, 0.5) is 0 Å². The second kappa shape index (κ2) is 10.7. The maximum atomic E-state index is 5.21. The Kier molecular flexibility index (Phi) is 6.05. The molecule has 0 aliphatic carbocycles. The zero-order valence-corrected chi connectivity index (χ0v) is 26.7. The summed E-state index contributed by atoms with van der Waals surface area (Å²) in [5, 5.41) is 7.08. The quantitative estimate of drug-likeness (QED) is 0.181. The fourth-order valence-corrected chi connectivity index (χ4v) is 8.08. The predicted molar refractivity (Wildman–Crippen MR) is 203 cm³/mol. The number of fused-ring (bicyclic) bond motifs is 7. The van der Waals surface area contributed by atoms with E-state index in [1.165, 1.54) is 48.4 Å². The number of hydrogen-bond acceptors (Lipinski definition) is 3. The minimum atomic E-state index is 1.01. The first-order valence-corrected chi connectivity index (χ1v) is 17.0. The number of rotatable bonds is 4. The van der Waals surface area contributed by atoms with E-state index in [4.69, 9.17) is 9.97 Å². The lowest BCUT2D eigenvalue weighted by Gasteiger charge is -2.13. The Morgan fingerprint density at radius 1 is 0.396 bits per heavy atom. The first-order valence-electron chi connectivity index (χ1n) is 16.2. The summed E-state index contributed by atoms with van der Waals surface area (Å²) in [6.07, 6.45) is 0. The molecule has 10 aromatic rings. The van der Waals surface area contributed by atoms with Gasteiger partial charge in [0.25, 0.3) is 0 Å². The molecule has 0 bridgehead atoms. The molecule has 0 spiro atoms. The Hall–Kier alpha value is -6.10. The summed E-state index contributed by atoms with van der Waals surface area (Å²) in [6, 6.07) is 58.5. The molecule has 0 N–H and O–H groups in total. The Labute approximate surface area is 281 Å². The van der Waals surface area contributed by atoms with Gasteiger partial charge in [0.05, 0.1) is 32.5 Å². The molecule has 0 aliphatic rings. The van der Waals surface area contributed by atoms with E-state index in [9.17, 15) is 0 Å². The zero-order valence-electron chi connectivity index (χ0n) is 25.8. The van der Waals surface area contributed by atoms with E-state index in [-0.39, 0.29) is 0 Å². The molecule has 0 aliphatic heterocycles. The van der Waals surface area contributed by atoms with Gasteiger partial charge in [-0.2, -0.15) is 0 Å². The second-order valence-corrected chi connectivity index (χ2v) is 13.3. The lowest BCUT2D eigenvalue weighted by Crippen LogP contribution is -1.95. The van der Waals surface area contributed by atoms with Gasteiger partial charge in [0.2, 0.25) is 0 Å². The maximum absolute atomic E-state index is 5.21. The Bertz CT molecular complexity index is 2780. The van der Waals surface area contributed by atoms with Crippen LogP contribution in [0.1, 0.15) is 0 Å². The summed E-state index contributed by atoms with van der Waals surface area (Å²) in [4.78, 5) is 10.0. The highest BCUT2D eigenvalue weighted by molar-refractivity contribution is 7.21. The van der Waals surface area contributed by atoms with Crippen LogP contribution in [0.2, 0.25) is 0 Å². The van der Waals surface area contributed by atoms with E-state index in [2.05, 4.69) is 162 Å². The lowest BCUT2D eigenvalue weighted by atomic mass is 9.98. The first-order chi connectivity index (χ1) is 23.8. The number of aromatic nitrogens is 3. The Morgan fingerprint density at radius 3 is 1.83 bits per heavy atom. The van der Waals surface area contributed by atoms with Crippen LogP contribution in [0.15, 0.2) is 164 Å². The van der Waals surface area contributed by atoms with E-state index in [1.807, 2.05) is 6.07 Å². The first kappa shape index (κ1) is 27.1. The molecular weight excluding hydrogens is 603 g/mol. The van der Waals surface area contributed by atoms with Crippen molar-refractivity contribution in [3.63, 3.8) is 0 Å². The topological polar surface area (TPSA) is 30.7 Å². The van der Waals surface area contributed by atoms with Crippen molar-refractivity contribution in [2.24, 2.45) is 0 Å². The van der Waals surface area contributed by atoms with Crippen molar-refractivity contribution in [2.45, 2.75) is 0 Å². The summed E-state index contributed by atoms with van der Waals surface area (Å²) >= 11 is 1.74. The number of nitrogens with zero attached hydrogens (tertiary/aromatic N) is 3. The van der Waals surface area contributed by atoms with Gasteiger partial charge in [0.15, 0.2) is 0 Å². The lowest BCUT2D eigenvalue weighted by molar-refractivity contribution is 1.18. The summed E-state index contributed by atoms with van der Waals surface area (Å²) in [5.41, 5.74) is 11.2. The van der Waals surface area contributed by atoms with Crippen LogP contribution in [0.5, 0.6) is 0 Å². The number of thiazole rings is 1. The summed E-state index contributed by atoms with van der Waals surface area (Å²) < 4.78 is 3.61. The highest BCUT2D eigenvalue weighted by Crippen LogP contribution is 2.40. The molecule has 7 aromatic carbocycles. The fraction of sp³-hybridized carbons (Fsp3) is 0. The van der Waals surface area contributed by atoms with Crippen molar-refractivity contribution in [1.82, 2.24) is 14.5 Å². The number of hydrogen-bond donors (Lipinski definition) is 0. The van der Waals surface area contributed by atoms with Gasteiger partial charge < -0.3 is 4.57 Å². The van der Waals surface area contributed by atoms with Crippen molar-refractivity contribution < 1.29 is 0 Å².